The summed E-state index contributed by atoms with van der Waals surface area (Å²) in [4.78, 5) is 41.3. The number of nitrogens with one attached hydrogen (secondary N) is 1. The molecule has 1 aliphatic heterocycles. The monoisotopic (exact) mass is 579 g/mol. The number of amides is 1. The number of allylic oxidation sites excluding steroid dienone is 2. The molecule has 226 valence electrons. The van der Waals surface area contributed by atoms with Gasteiger partial charge >= 0.3 is 5.97 Å². The molecule has 0 aromatic carbocycles. The van der Waals surface area contributed by atoms with Crippen molar-refractivity contribution in [1.29, 1.82) is 0 Å². The van der Waals surface area contributed by atoms with E-state index in [-0.39, 0.29) is 48.0 Å². The highest BCUT2D eigenvalue weighted by atomic mass is 16.5. The summed E-state index contributed by atoms with van der Waals surface area (Å²) in [7, 11) is 0. The van der Waals surface area contributed by atoms with Gasteiger partial charge < -0.3 is 28.2 Å². The highest BCUT2D eigenvalue weighted by Crippen LogP contribution is 2.35. The molecule has 0 spiro atoms. The number of aromatic nitrogens is 3. The third-order valence-corrected chi connectivity index (χ3v) is 7.31. The summed E-state index contributed by atoms with van der Waals surface area (Å²) in [5, 5.41) is 3.44. The van der Waals surface area contributed by atoms with Crippen LogP contribution in [-0.4, -0.2) is 57.5 Å². The van der Waals surface area contributed by atoms with Crippen LogP contribution in [0.15, 0.2) is 49.1 Å². The minimum absolute atomic E-state index is 0.0388. The van der Waals surface area contributed by atoms with Gasteiger partial charge in [0.05, 0.1) is 6.04 Å². The Balaban J connectivity index is 1.49. The maximum Gasteiger partial charge on any atom is 0.360 e. The van der Waals surface area contributed by atoms with Gasteiger partial charge in [0.1, 0.15) is 30.9 Å². The first-order valence-corrected chi connectivity index (χ1v) is 14.5. The van der Waals surface area contributed by atoms with Crippen LogP contribution in [0.5, 0.6) is 0 Å². The molecule has 3 unspecified atom stereocenters. The lowest BCUT2D eigenvalue weighted by molar-refractivity contribution is -0.136. The van der Waals surface area contributed by atoms with E-state index in [9.17, 15) is 9.59 Å². The molecule has 3 atom stereocenters. The summed E-state index contributed by atoms with van der Waals surface area (Å²) in [5.74, 6) is 0.874. The molecule has 11 heteroatoms. The van der Waals surface area contributed by atoms with Gasteiger partial charge in [0.15, 0.2) is 17.1 Å². The Morgan fingerprint density at radius 1 is 1.10 bits per heavy atom. The second-order valence-electron chi connectivity index (χ2n) is 11.2. The van der Waals surface area contributed by atoms with Crippen molar-refractivity contribution in [3.63, 3.8) is 0 Å². The average Bonchev–Trinajstić information content (AvgIpc) is 3.75. The second-order valence-corrected chi connectivity index (χ2v) is 11.2. The highest BCUT2D eigenvalue weighted by molar-refractivity contribution is 5.87. The van der Waals surface area contributed by atoms with E-state index in [1.54, 1.807) is 13.0 Å². The molecule has 1 amide bonds. The molecule has 0 aliphatic carbocycles. The summed E-state index contributed by atoms with van der Waals surface area (Å²) in [6.07, 6.45) is 9.10. The number of aryl methyl sites for hydroxylation is 1. The Hall–Kier alpha value is -3.99. The molecule has 3 aromatic rings. The molecule has 3 aromatic heterocycles. The Labute approximate surface area is 246 Å². The van der Waals surface area contributed by atoms with E-state index < -0.39 is 5.97 Å². The average molecular weight is 580 g/mol. The van der Waals surface area contributed by atoms with Crippen molar-refractivity contribution in [2.24, 2.45) is 5.92 Å². The molecule has 1 N–H and O–H groups in total. The van der Waals surface area contributed by atoms with Gasteiger partial charge in [0, 0.05) is 13.1 Å². The zero-order chi connectivity index (χ0) is 30.4. The van der Waals surface area contributed by atoms with Gasteiger partial charge in [-0.3, -0.25) is 4.79 Å². The van der Waals surface area contributed by atoms with Crippen molar-refractivity contribution in [1.82, 2.24) is 25.2 Å². The van der Waals surface area contributed by atoms with Crippen molar-refractivity contribution in [3.8, 4) is 23.2 Å². The van der Waals surface area contributed by atoms with Gasteiger partial charge in [0.2, 0.25) is 23.6 Å². The number of nitrogens with zero attached hydrogens (tertiary/aromatic N) is 4. The minimum Gasteiger partial charge on any atom is -0.457 e. The lowest BCUT2D eigenvalue weighted by Gasteiger charge is -2.30. The number of rotatable bonds is 12. The number of hydrogen-bond donors (Lipinski definition) is 1. The van der Waals surface area contributed by atoms with Crippen molar-refractivity contribution in [2.45, 2.75) is 79.8 Å². The summed E-state index contributed by atoms with van der Waals surface area (Å²) >= 11 is 0. The maximum absolute atomic E-state index is 13.7. The Morgan fingerprint density at radius 2 is 1.86 bits per heavy atom. The fourth-order valence-electron chi connectivity index (χ4n) is 4.70. The van der Waals surface area contributed by atoms with E-state index in [0.717, 1.165) is 24.8 Å². The van der Waals surface area contributed by atoms with Crippen LogP contribution in [0.3, 0.4) is 0 Å². The van der Waals surface area contributed by atoms with Gasteiger partial charge in [-0.2, -0.15) is 0 Å². The lowest BCUT2D eigenvalue weighted by atomic mass is 9.97. The molecule has 0 bridgehead atoms. The van der Waals surface area contributed by atoms with Gasteiger partial charge in [0.25, 0.3) is 0 Å². The molecule has 4 rings (SSSR count). The SMILES string of the molecule is CCC(C)C(NCC=C(C)C)C(=O)N1CCCC1c1nc(-c2nc(-c3nc(C(=O)OCC=C(C)C)co3)c(C)o2)co1. The van der Waals surface area contributed by atoms with Gasteiger partial charge in [-0.25, -0.2) is 19.7 Å². The van der Waals surface area contributed by atoms with E-state index in [1.807, 2.05) is 32.6 Å². The molecular formula is C31H41N5O6. The first kappa shape index (κ1) is 31.0. The van der Waals surface area contributed by atoms with Crippen LogP contribution in [0.1, 0.15) is 89.0 Å². The standard InChI is InChI=1S/C31H41N5O6/c1-8-20(6)25(32-13-11-18(2)3)30(37)36-14-9-10-24(36)28-33-22(16-40-28)27-35-26(21(7)42-27)29-34-23(17-41-29)31(38)39-15-12-19(4)5/h11-12,16-17,20,24-25,32H,8-10,13-15H2,1-7H3. The Bertz CT molecular complexity index is 1440. The smallest absolute Gasteiger partial charge is 0.360 e. The topological polar surface area (TPSA) is 137 Å². The molecular weight excluding hydrogens is 538 g/mol. The number of hydrogen-bond acceptors (Lipinski definition) is 10. The van der Waals surface area contributed by atoms with Crippen LogP contribution < -0.4 is 5.32 Å². The Morgan fingerprint density at radius 3 is 2.57 bits per heavy atom. The molecule has 1 saturated heterocycles. The van der Waals surface area contributed by atoms with E-state index in [4.69, 9.17) is 18.0 Å². The largest absolute Gasteiger partial charge is 0.457 e. The number of ether oxygens (including phenoxy) is 1. The van der Waals surface area contributed by atoms with E-state index >= 15 is 0 Å². The fourth-order valence-corrected chi connectivity index (χ4v) is 4.70. The summed E-state index contributed by atoms with van der Waals surface area (Å²) in [6, 6.07) is -0.571. The number of carbonyl (C=O) groups is 2. The van der Waals surface area contributed by atoms with E-state index in [1.165, 1.54) is 18.1 Å². The minimum atomic E-state index is -0.594. The van der Waals surface area contributed by atoms with Gasteiger partial charge in [-0.15, -0.1) is 0 Å². The number of oxazole rings is 3. The quantitative estimate of drug-likeness (QED) is 0.199. The zero-order valence-corrected chi connectivity index (χ0v) is 25.5. The van der Waals surface area contributed by atoms with E-state index in [2.05, 4.69) is 40.2 Å². The fraction of sp³-hybridized carbons (Fsp3) is 0.516. The lowest BCUT2D eigenvalue weighted by Crippen LogP contribution is -2.49. The molecule has 1 aliphatic rings. The zero-order valence-electron chi connectivity index (χ0n) is 25.5. The molecule has 0 saturated carbocycles. The highest BCUT2D eigenvalue weighted by Gasteiger charge is 2.38. The normalized spacial score (nSPS) is 16.3. The number of likely N-dealkylation sites (tertiary alicyclic amines) is 1. The van der Waals surface area contributed by atoms with Crippen LogP contribution >= 0.6 is 0 Å². The third-order valence-electron chi connectivity index (χ3n) is 7.31. The molecule has 11 nitrogen and oxygen atoms in total. The molecule has 1 fully saturated rings. The summed E-state index contributed by atoms with van der Waals surface area (Å²) in [5.41, 5.74) is 3.02. The second kappa shape index (κ2) is 13.8. The predicted molar refractivity (Wildman–Crippen MR) is 156 cm³/mol. The van der Waals surface area contributed by atoms with Gasteiger partial charge in [-0.1, -0.05) is 37.5 Å². The first-order valence-electron chi connectivity index (χ1n) is 14.5. The van der Waals surface area contributed by atoms with E-state index in [0.29, 0.717) is 36.1 Å². The van der Waals surface area contributed by atoms with Crippen molar-refractivity contribution in [3.05, 3.63) is 53.2 Å². The number of carbonyl (C=O) groups excluding carboxylic acids is 2. The molecule has 0 radical (unpaired) electrons. The summed E-state index contributed by atoms with van der Waals surface area (Å²) < 4.78 is 22.4. The maximum atomic E-state index is 13.7. The number of esters is 1. The predicted octanol–water partition coefficient (Wildman–Crippen LogP) is 6.05. The van der Waals surface area contributed by atoms with Crippen molar-refractivity contribution in [2.75, 3.05) is 19.7 Å². The van der Waals surface area contributed by atoms with Crippen LogP contribution in [0.2, 0.25) is 0 Å². The van der Waals surface area contributed by atoms with Crippen LogP contribution in [-0.2, 0) is 9.53 Å². The van der Waals surface area contributed by atoms with Crippen LogP contribution in [0, 0.1) is 12.8 Å². The molecule has 42 heavy (non-hydrogen) atoms. The Kier molecular flexibility index (Phi) is 10.2. The van der Waals surface area contributed by atoms with Gasteiger partial charge in [-0.05, 0) is 59.5 Å². The van der Waals surface area contributed by atoms with Crippen LogP contribution in [0.25, 0.3) is 23.2 Å². The van der Waals surface area contributed by atoms with Crippen molar-refractivity contribution < 1.29 is 27.6 Å². The first-order chi connectivity index (χ1) is 20.1. The van der Waals surface area contributed by atoms with Crippen LogP contribution in [0.4, 0.5) is 0 Å². The van der Waals surface area contributed by atoms with Crippen molar-refractivity contribution >= 4 is 11.9 Å². The third kappa shape index (κ3) is 7.25. The molecule has 4 heterocycles. The summed E-state index contributed by atoms with van der Waals surface area (Å²) in [6.45, 7) is 15.3.